The summed E-state index contributed by atoms with van der Waals surface area (Å²) >= 11 is 0. The first kappa shape index (κ1) is 15.7. The lowest BCUT2D eigenvalue weighted by molar-refractivity contribution is -0.132. The molecule has 1 aromatic heterocycles. The van der Waals surface area contributed by atoms with E-state index in [0.717, 1.165) is 0 Å². The molecule has 1 aliphatic rings. The minimum atomic E-state index is -0.684. The fourth-order valence-corrected chi connectivity index (χ4v) is 2.24. The SMILES string of the molecule is CC(C)c1nc(N2CCN(C(=O)CCO)C[C@@H](O)C2)no1. The Hall–Kier alpha value is -1.67. The van der Waals surface area contributed by atoms with Crippen LogP contribution in [0.5, 0.6) is 0 Å². The Balaban J connectivity index is 2.04. The molecule has 0 bridgehead atoms. The van der Waals surface area contributed by atoms with Crippen LogP contribution in [-0.4, -0.2) is 70.1 Å². The first-order valence-electron chi connectivity index (χ1n) is 7.16. The van der Waals surface area contributed by atoms with Crippen molar-refractivity contribution in [1.29, 1.82) is 0 Å². The molecule has 1 aromatic rings. The van der Waals surface area contributed by atoms with E-state index >= 15 is 0 Å². The molecule has 0 aliphatic carbocycles. The molecule has 1 saturated heterocycles. The fraction of sp³-hybridized carbons (Fsp3) is 0.769. The van der Waals surface area contributed by atoms with Gasteiger partial charge in [-0.25, -0.2) is 0 Å². The van der Waals surface area contributed by atoms with E-state index < -0.39 is 6.10 Å². The van der Waals surface area contributed by atoms with Gasteiger partial charge in [-0.1, -0.05) is 13.8 Å². The summed E-state index contributed by atoms with van der Waals surface area (Å²) < 4.78 is 5.17. The maximum absolute atomic E-state index is 11.8. The fourth-order valence-electron chi connectivity index (χ4n) is 2.24. The maximum Gasteiger partial charge on any atom is 0.266 e. The van der Waals surface area contributed by atoms with Crippen LogP contribution in [0.15, 0.2) is 4.52 Å². The van der Waals surface area contributed by atoms with E-state index in [9.17, 15) is 9.90 Å². The van der Waals surface area contributed by atoms with Crippen molar-refractivity contribution in [2.24, 2.45) is 0 Å². The van der Waals surface area contributed by atoms with Crippen LogP contribution in [0.3, 0.4) is 0 Å². The second-order valence-electron chi connectivity index (χ2n) is 5.50. The van der Waals surface area contributed by atoms with Crippen molar-refractivity contribution in [3.8, 4) is 0 Å². The molecule has 1 aliphatic heterocycles. The number of amides is 1. The van der Waals surface area contributed by atoms with Gasteiger partial charge in [0.25, 0.3) is 5.95 Å². The first-order chi connectivity index (χ1) is 10.0. The number of carbonyl (C=O) groups is 1. The van der Waals surface area contributed by atoms with Gasteiger partial charge in [0.15, 0.2) is 0 Å². The summed E-state index contributed by atoms with van der Waals surface area (Å²) in [5.41, 5.74) is 0. The number of hydrogen-bond donors (Lipinski definition) is 2. The third kappa shape index (κ3) is 3.92. The normalized spacial score (nSPS) is 20.0. The van der Waals surface area contributed by atoms with Crippen molar-refractivity contribution in [1.82, 2.24) is 15.0 Å². The Bertz CT molecular complexity index is 476. The lowest BCUT2D eigenvalue weighted by Gasteiger charge is -2.21. The zero-order valence-electron chi connectivity index (χ0n) is 12.4. The predicted octanol–water partition coefficient (Wildman–Crippen LogP) is -0.415. The summed E-state index contributed by atoms with van der Waals surface area (Å²) in [6.45, 7) is 5.32. The van der Waals surface area contributed by atoms with Gasteiger partial charge < -0.3 is 24.5 Å². The van der Waals surface area contributed by atoms with Crippen LogP contribution in [0, 0.1) is 0 Å². The van der Waals surface area contributed by atoms with E-state index in [2.05, 4.69) is 10.1 Å². The zero-order valence-corrected chi connectivity index (χ0v) is 12.4. The van der Waals surface area contributed by atoms with Gasteiger partial charge in [-0.05, 0) is 5.16 Å². The Kier molecular flexibility index (Phi) is 5.13. The number of aromatic nitrogens is 2. The number of carbonyl (C=O) groups excluding carboxylic acids is 1. The van der Waals surface area contributed by atoms with Crippen LogP contribution in [0.1, 0.15) is 32.1 Å². The minimum Gasteiger partial charge on any atom is -0.396 e. The van der Waals surface area contributed by atoms with E-state index in [0.29, 0.717) is 31.5 Å². The van der Waals surface area contributed by atoms with Gasteiger partial charge in [-0.2, -0.15) is 4.98 Å². The molecule has 0 spiro atoms. The largest absolute Gasteiger partial charge is 0.396 e. The van der Waals surface area contributed by atoms with Crippen LogP contribution in [0.2, 0.25) is 0 Å². The number of rotatable bonds is 4. The molecule has 2 N–H and O–H groups in total. The third-order valence-electron chi connectivity index (χ3n) is 3.39. The standard InChI is InChI=1S/C13H22N4O4/c1-9(2)12-14-13(15-21-12)17-5-4-16(7-10(19)8-17)11(20)3-6-18/h9-10,18-19H,3-8H2,1-2H3/t10-/m1/s1. The number of β-amino-alcohol motifs (C(OH)–C–C–N with tert-alkyl or cyclic N) is 1. The van der Waals surface area contributed by atoms with Gasteiger partial charge in [0.1, 0.15) is 0 Å². The van der Waals surface area contributed by atoms with Crippen LogP contribution in [0.25, 0.3) is 0 Å². The van der Waals surface area contributed by atoms with E-state index in [-0.39, 0.29) is 31.4 Å². The average Bonchev–Trinajstić information content (AvgIpc) is 2.84. The highest BCUT2D eigenvalue weighted by molar-refractivity contribution is 5.76. The smallest absolute Gasteiger partial charge is 0.266 e. The van der Waals surface area contributed by atoms with Crippen molar-refractivity contribution in [2.45, 2.75) is 32.3 Å². The van der Waals surface area contributed by atoms with Crippen molar-refractivity contribution in [2.75, 3.05) is 37.7 Å². The van der Waals surface area contributed by atoms with Crippen molar-refractivity contribution >= 4 is 11.9 Å². The van der Waals surface area contributed by atoms with E-state index in [4.69, 9.17) is 9.63 Å². The topological polar surface area (TPSA) is 103 Å². The molecule has 118 valence electrons. The summed E-state index contributed by atoms with van der Waals surface area (Å²) in [5.74, 6) is 0.978. The molecular weight excluding hydrogens is 276 g/mol. The van der Waals surface area contributed by atoms with Crippen LogP contribution in [0.4, 0.5) is 5.95 Å². The number of aliphatic hydroxyl groups excluding tert-OH is 2. The number of anilines is 1. The summed E-state index contributed by atoms with van der Waals surface area (Å²) in [4.78, 5) is 19.5. The molecule has 1 atom stereocenters. The molecule has 0 unspecified atom stereocenters. The van der Waals surface area contributed by atoms with Gasteiger partial charge in [-0.3, -0.25) is 4.79 Å². The maximum atomic E-state index is 11.8. The first-order valence-corrected chi connectivity index (χ1v) is 7.16. The molecule has 21 heavy (non-hydrogen) atoms. The molecule has 2 rings (SSSR count). The highest BCUT2D eigenvalue weighted by atomic mass is 16.5. The third-order valence-corrected chi connectivity index (χ3v) is 3.39. The van der Waals surface area contributed by atoms with E-state index in [1.54, 1.807) is 4.90 Å². The monoisotopic (exact) mass is 298 g/mol. The highest BCUT2D eigenvalue weighted by Crippen LogP contribution is 2.17. The lowest BCUT2D eigenvalue weighted by Crippen LogP contribution is -2.37. The predicted molar refractivity (Wildman–Crippen MR) is 74.9 cm³/mol. The molecule has 8 heteroatoms. The second kappa shape index (κ2) is 6.86. The van der Waals surface area contributed by atoms with Crippen molar-refractivity contribution < 1.29 is 19.5 Å². The van der Waals surface area contributed by atoms with Crippen LogP contribution in [-0.2, 0) is 4.79 Å². The average molecular weight is 298 g/mol. The van der Waals surface area contributed by atoms with Crippen molar-refractivity contribution in [3.63, 3.8) is 0 Å². The van der Waals surface area contributed by atoms with E-state index in [1.165, 1.54) is 0 Å². The number of nitrogens with zero attached hydrogens (tertiary/aromatic N) is 4. The molecule has 1 fully saturated rings. The molecule has 8 nitrogen and oxygen atoms in total. The molecule has 2 heterocycles. The van der Waals surface area contributed by atoms with Crippen LogP contribution < -0.4 is 4.90 Å². The molecular formula is C13H22N4O4. The van der Waals surface area contributed by atoms with Gasteiger partial charge in [0.05, 0.1) is 12.7 Å². The Morgan fingerprint density at radius 2 is 2.19 bits per heavy atom. The molecule has 1 amide bonds. The van der Waals surface area contributed by atoms with Gasteiger partial charge in [-0.15, -0.1) is 0 Å². The van der Waals surface area contributed by atoms with Gasteiger partial charge in [0.2, 0.25) is 11.8 Å². The molecule has 0 radical (unpaired) electrons. The van der Waals surface area contributed by atoms with Gasteiger partial charge >= 0.3 is 0 Å². The zero-order chi connectivity index (χ0) is 15.4. The van der Waals surface area contributed by atoms with Crippen LogP contribution >= 0.6 is 0 Å². The summed E-state index contributed by atoms with van der Waals surface area (Å²) in [6, 6.07) is 0. The Morgan fingerprint density at radius 1 is 1.43 bits per heavy atom. The molecule has 0 saturated carbocycles. The number of hydrogen-bond acceptors (Lipinski definition) is 7. The highest BCUT2D eigenvalue weighted by Gasteiger charge is 2.26. The Morgan fingerprint density at radius 3 is 2.81 bits per heavy atom. The van der Waals surface area contributed by atoms with E-state index in [1.807, 2.05) is 18.7 Å². The minimum absolute atomic E-state index is 0.0758. The lowest BCUT2D eigenvalue weighted by atomic mass is 10.2. The Labute approximate surface area is 123 Å². The number of aliphatic hydroxyl groups is 2. The second-order valence-corrected chi connectivity index (χ2v) is 5.50. The summed E-state index contributed by atoms with van der Waals surface area (Å²) in [5, 5.41) is 22.8. The quantitative estimate of drug-likeness (QED) is 0.778. The molecule has 0 aromatic carbocycles. The summed E-state index contributed by atoms with van der Waals surface area (Å²) in [7, 11) is 0. The summed E-state index contributed by atoms with van der Waals surface area (Å²) in [6.07, 6.45) is -0.608. The van der Waals surface area contributed by atoms with Crippen molar-refractivity contribution in [3.05, 3.63) is 5.89 Å². The van der Waals surface area contributed by atoms with Gasteiger partial charge in [0, 0.05) is 38.5 Å².